The highest BCUT2D eigenvalue weighted by Gasteiger charge is 2.64. The highest BCUT2D eigenvalue weighted by Crippen LogP contribution is 2.71. The van der Waals surface area contributed by atoms with Gasteiger partial charge < -0.3 is 0 Å². The topological polar surface area (TPSA) is 0 Å². The van der Waals surface area contributed by atoms with Gasteiger partial charge in [0.25, 0.3) is 0 Å². The second-order valence-electron chi connectivity index (χ2n) is 9.01. The van der Waals surface area contributed by atoms with Crippen LogP contribution in [-0.4, -0.2) is 0 Å². The molecule has 0 saturated carbocycles. The van der Waals surface area contributed by atoms with Gasteiger partial charge >= 0.3 is 0 Å². The van der Waals surface area contributed by atoms with Gasteiger partial charge in [0.05, 0.1) is 0 Å². The summed E-state index contributed by atoms with van der Waals surface area (Å²) in [6.45, 7) is 7.07. The minimum Gasteiger partial charge on any atom is -0.118 e. The molecule has 2 aromatic rings. The number of allylic oxidation sites excluding steroid dienone is 3. The first-order valence-corrected chi connectivity index (χ1v) is 11.8. The number of benzene rings is 1. The maximum absolute atomic E-state index is 5.56. The van der Waals surface area contributed by atoms with Crippen LogP contribution in [-0.2, 0) is 24.7 Å². The van der Waals surface area contributed by atoms with Gasteiger partial charge in [-0.25, -0.2) is 0 Å². The van der Waals surface area contributed by atoms with Crippen molar-refractivity contribution < 1.29 is 0 Å². The molecule has 1 spiro atoms. The third-order valence-electron chi connectivity index (χ3n) is 8.29. The molecule has 3 heteroatoms. The molecular weight excluding hydrogens is 372 g/mol. The molecule has 0 radical (unpaired) electrons. The molecule has 26 heavy (non-hydrogen) atoms. The van der Waals surface area contributed by atoms with E-state index in [4.69, 9.17) is 12.2 Å². The molecule has 0 N–H and O–H groups in total. The first-order valence-electron chi connectivity index (χ1n) is 9.75. The summed E-state index contributed by atoms with van der Waals surface area (Å²) < 4.78 is 1.11. The minimum absolute atomic E-state index is 0.202. The van der Waals surface area contributed by atoms with Crippen molar-refractivity contribution >= 4 is 40.5 Å². The fourth-order valence-electron chi connectivity index (χ4n) is 7.27. The first kappa shape index (κ1) is 15.0. The Morgan fingerprint density at radius 2 is 2.00 bits per heavy atom. The van der Waals surface area contributed by atoms with E-state index in [1.165, 1.54) is 24.0 Å². The van der Waals surface area contributed by atoms with Crippen LogP contribution in [0.4, 0.5) is 0 Å². The Bertz CT molecular complexity index is 1110. The SMILES string of the molecule is C=C1c2ccc3c4c2C12Cc1sc(=S)sc1CC2C1C=CC(C)C(C3)C41. The molecule has 1 heterocycles. The number of hydrogen-bond acceptors (Lipinski definition) is 3. The zero-order valence-electron chi connectivity index (χ0n) is 14.7. The summed E-state index contributed by atoms with van der Waals surface area (Å²) in [4.78, 5) is 3.14. The van der Waals surface area contributed by atoms with Crippen LogP contribution in [0.3, 0.4) is 0 Å². The van der Waals surface area contributed by atoms with Crippen molar-refractivity contribution in [2.45, 2.75) is 37.5 Å². The van der Waals surface area contributed by atoms with Gasteiger partial charge in [0.2, 0.25) is 0 Å². The summed E-state index contributed by atoms with van der Waals surface area (Å²) in [7, 11) is 0. The van der Waals surface area contributed by atoms with E-state index in [1.54, 1.807) is 26.4 Å². The summed E-state index contributed by atoms with van der Waals surface area (Å²) in [5, 5.41) is 0. The van der Waals surface area contributed by atoms with E-state index in [0.717, 1.165) is 21.4 Å². The molecule has 1 aromatic heterocycles. The highest BCUT2D eigenvalue weighted by molar-refractivity contribution is 7.76. The molecule has 0 amide bonds. The Morgan fingerprint density at radius 1 is 1.15 bits per heavy atom. The third kappa shape index (κ3) is 1.43. The Morgan fingerprint density at radius 3 is 2.88 bits per heavy atom. The fourth-order valence-corrected chi connectivity index (χ4v) is 10.2. The Labute approximate surface area is 167 Å². The van der Waals surface area contributed by atoms with Crippen molar-refractivity contribution in [2.24, 2.45) is 23.7 Å². The fraction of sp³-hybridized carbons (Fsp3) is 0.435. The van der Waals surface area contributed by atoms with Gasteiger partial charge in [0, 0.05) is 15.2 Å². The van der Waals surface area contributed by atoms with Gasteiger partial charge in [-0.15, -0.1) is 22.7 Å². The average Bonchev–Trinajstić information content (AvgIpc) is 3.19. The molecule has 5 aliphatic carbocycles. The van der Waals surface area contributed by atoms with Crippen LogP contribution in [0.15, 0.2) is 30.9 Å². The van der Waals surface area contributed by atoms with Crippen LogP contribution in [0, 0.1) is 26.8 Å². The van der Waals surface area contributed by atoms with Crippen molar-refractivity contribution in [1.82, 2.24) is 0 Å². The number of fused-ring (bicyclic) bond motifs is 2. The number of hydrogen-bond donors (Lipinski definition) is 0. The predicted molar refractivity (Wildman–Crippen MR) is 113 cm³/mol. The second kappa shape index (κ2) is 4.51. The maximum Gasteiger partial charge on any atom is 0.144 e. The van der Waals surface area contributed by atoms with Crippen LogP contribution in [0.5, 0.6) is 0 Å². The van der Waals surface area contributed by atoms with E-state index in [-0.39, 0.29) is 5.41 Å². The third-order valence-corrected chi connectivity index (χ3v) is 11.0. The standard InChI is InChI=1S/C23H20S3/c1-10-3-5-14-16-8-17-18(26-22(24)25-17)9-23(16)11(2)13-6-4-12-7-15(10)20(14)19(12)21(13)23/h3-6,10,14-16,20H,2,7-9H2,1H3. The van der Waals surface area contributed by atoms with Gasteiger partial charge in [-0.05, 0) is 76.7 Å². The van der Waals surface area contributed by atoms with Gasteiger partial charge in [-0.2, -0.15) is 0 Å². The van der Waals surface area contributed by atoms with Crippen LogP contribution in [0.25, 0.3) is 5.57 Å². The normalized spacial score (nSPS) is 39.9. The highest BCUT2D eigenvalue weighted by atomic mass is 32.2. The molecule has 0 saturated heterocycles. The van der Waals surface area contributed by atoms with Gasteiger partial charge in [0.15, 0.2) is 0 Å². The van der Waals surface area contributed by atoms with Crippen molar-refractivity contribution in [2.75, 3.05) is 0 Å². The summed E-state index contributed by atoms with van der Waals surface area (Å²) >= 11 is 9.31. The van der Waals surface area contributed by atoms with Crippen molar-refractivity contribution in [3.8, 4) is 0 Å². The van der Waals surface area contributed by atoms with Crippen molar-refractivity contribution in [3.05, 3.63) is 66.0 Å². The molecule has 1 aromatic carbocycles. The van der Waals surface area contributed by atoms with Gasteiger partial charge in [0.1, 0.15) is 3.14 Å². The molecule has 0 bridgehead atoms. The quantitative estimate of drug-likeness (QED) is 0.374. The van der Waals surface area contributed by atoms with Crippen LogP contribution in [0.1, 0.15) is 44.8 Å². The molecule has 0 aliphatic heterocycles. The Kier molecular flexibility index (Phi) is 2.59. The van der Waals surface area contributed by atoms with Crippen LogP contribution in [0.2, 0.25) is 0 Å². The van der Waals surface area contributed by atoms with E-state index in [2.05, 4.69) is 37.8 Å². The van der Waals surface area contributed by atoms with E-state index in [9.17, 15) is 0 Å². The first-order chi connectivity index (χ1) is 12.6. The Hall–Kier alpha value is -1.03. The summed E-state index contributed by atoms with van der Waals surface area (Å²) in [5.41, 5.74) is 8.22. The molecule has 5 aliphatic rings. The van der Waals surface area contributed by atoms with Crippen LogP contribution >= 0.6 is 34.9 Å². The summed E-state index contributed by atoms with van der Waals surface area (Å²) in [6, 6.07) is 4.82. The maximum atomic E-state index is 5.56. The van der Waals surface area contributed by atoms with E-state index < -0.39 is 0 Å². The van der Waals surface area contributed by atoms with Gasteiger partial charge in [-0.1, -0.05) is 50.0 Å². The summed E-state index contributed by atoms with van der Waals surface area (Å²) in [6.07, 6.45) is 8.78. The van der Waals surface area contributed by atoms with Crippen molar-refractivity contribution in [1.29, 1.82) is 0 Å². The molecular formula is C23H20S3. The van der Waals surface area contributed by atoms with E-state index in [0.29, 0.717) is 17.8 Å². The second-order valence-corrected chi connectivity index (χ2v) is 12.4. The molecule has 6 unspecified atom stereocenters. The zero-order chi connectivity index (χ0) is 17.4. The van der Waals surface area contributed by atoms with Crippen LogP contribution < -0.4 is 0 Å². The molecule has 130 valence electrons. The molecule has 0 fully saturated rings. The molecule has 7 rings (SSSR count). The predicted octanol–water partition coefficient (Wildman–Crippen LogP) is 6.31. The lowest BCUT2D eigenvalue weighted by Gasteiger charge is -2.61. The van der Waals surface area contributed by atoms with Crippen molar-refractivity contribution in [3.63, 3.8) is 0 Å². The largest absolute Gasteiger partial charge is 0.144 e. The lowest BCUT2D eigenvalue weighted by molar-refractivity contribution is 0.145. The lowest BCUT2D eigenvalue weighted by Crippen LogP contribution is -2.56. The molecule has 6 atom stereocenters. The smallest absolute Gasteiger partial charge is 0.118 e. The lowest BCUT2D eigenvalue weighted by atomic mass is 9.42. The monoisotopic (exact) mass is 392 g/mol. The minimum atomic E-state index is 0.202. The number of rotatable bonds is 0. The zero-order valence-corrected chi connectivity index (χ0v) is 17.2. The van der Waals surface area contributed by atoms with E-state index in [1.807, 2.05) is 22.7 Å². The molecule has 0 nitrogen and oxygen atoms in total. The summed E-state index contributed by atoms with van der Waals surface area (Å²) in [5.74, 6) is 3.63. The van der Waals surface area contributed by atoms with Gasteiger partial charge in [-0.3, -0.25) is 0 Å². The average molecular weight is 393 g/mol. The Balaban J connectivity index is 1.56. The van der Waals surface area contributed by atoms with E-state index >= 15 is 0 Å².